The molecule has 1 rings (SSSR count). The third kappa shape index (κ3) is 11.7. The number of ether oxygens (including phenoxy) is 3. The van der Waals surface area contributed by atoms with Crippen LogP contribution in [0.2, 0.25) is 0 Å². The minimum absolute atomic E-state index is 0.0534. The van der Waals surface area contributed by atoms with E-state index < -0.39 is 36.4 Å². The average molecular weight is 555 g/mol. The van der Waals surface area contributed by atoms with Crippen LogP contribution in [0.25, 0.3) is 0 Å². The van der Waals surface area contributed by atoms with Gasteiger partial charge < -0.3 is 36.1 Å². The molecule has 39 heavy (non-hydrogen) atoms. The molecular formula is C30H53N3O6. The van der Waals surface area contributed by atoms with E-state index in [0.717, 1.165) is 5.56 Å². The second-order valence-corrected chi connectivity index (χ2v) is 11.8. The maximum atomic E-state index is 13.0. The summed E-state index contributed by atoms with van der Waals surface area (Å²) in [7, 11) is -1.01. The highest BCUT2D eigenvalue weighted by Crippen LogP contribution is 2.32. The van der Waals surface area contributed by atoms with Gasteiger partial charge in [-0.25, -0.2) is 0 Å². The highest BCUT2D eigenvalue weighted by molar-refractivity contribution is 5.83. The second kappa shape index (κ2) is 16.7. The largest absolute Gasteiger partial charge is 0.493 e. The van der Waals surface area contributed by atoms with Crippen LogP contribution in [0.15, 0.2) is 18.2 Å². The normalized spacial score (nSPS) is 16.5. The maximum absolute atomic E-state index is 13.0. The van der Waals surface area contributed by atoms with E-state index in [2.05, 4.69) is 19.2 Å². The van der Waals surface area contributed by atoms with Crippen LogP contribution in [0.3, 0.4) is 0 Å². The lowest BCUT2D eigenvalue weighted by Crippen LogP contribution is -2.46. The molecular weight excluding hydrogens is 498 g/mol. The number of primary amides is 1. The molecule has 0 fully saturated rings. The molecule has 0 radical (unpaired) electrons. The SMILES string of the molecule is [2H]C([2H])([2H])Oc1ccc(C[C@@H](C[C@H](N)[C@@H](O)C[C@H](C(=O)NCC(C)(C)C(N)=O)C(C)C)C(C)C)cc1OCCCOC. The Morgan fingerprint density at radius 2 is 1.79 bits per heavy atom. The topological polar surface area (TPSA) is 146 Å². The van der Waals surface area contributed by atoms with Gasteiger partial charge in [-0.1, -0.05) is 33.8 Å². The van der Waals surface area contributed by atoms with E-state index in [1.165, 1.54) is 0 Å². The Labute approximate surface area is 239 Å². The summed E-state index contributed by atoms with van der Waals surface area (Å²) in [6, 6.07) is 4.63. The Balaban J connectivity index is 2.98. The average Bonchev–Trinajstić information content (AvgIpc) is 2.87. The fraction of sp³-hybridized carbons (Fsp3) is 0.733. The van der Waals surface area contributed by atoms with Gasteiger partial charge in [0.1, 0.15) is 0 Å². The van der Waals surface area contributed by atoms with Crippen LogP contribution >= 0.6 is 0 Å². The van der Waals surface area contributed by atoms with E-state index in [4.69, 9.17) is 29.8 Å². The minimum atomic E-state index is -2.61. The lowest BCUT2D eigenvalue weighted by molar-refractivity contribution is -0.130. The van der Waals surface area contributed by atoms with Crippen LogP contribution in [0.4, 0.5) is 0 Å². The van der Waals surface area contributed by atoms with Crippen molar-refractivity contribution in [2.24, 2.45) is 40.6 Å². The third-order valence-corrected chi connectivity index (χ3v) is 7.39. The van der Waals surface area contributed by atoms with Crippen molar-refractivity contribution in [3.63, 3.8) is 0 Å². The van der Waals surface area contributed by atoms with Crippen molar-refractivity contribution in [2.75, 3.05) is 33.9 Å². The summed E-state index contributed by atoms with van der Waals surface area (Å²) >= 11 is 0. The van der Waals surface area contributed by atoms with E-state index in [0.29, 0.717) is 38.2 Å². The molecule has 2 amide bonds. The van der Waals surface area contributed by atoms with Gasteiger partial charge in [-0.15, -0.1) is 0 Å². The van der Waals surface area contributed by atoms with Crippen LogP contribution < -0.4 is 26.3 Å². The van der Waals surface area contributed by atoms with Crippen molar-refractivity contribution in [3.05, 3.63) is 23.8 Å². The summed E-state index contributed by atoms with van der Waals surface area (Å²) in [4.78, 5) is 24.6. The number of nitrogens with two attached hydrogens (primary N) is 2. The molecule has 0 unspecified atom stereocenters. The zero-order valence-electron chi connectivity index (χ0n) is 27.8. The summed E-state index contributed by atoms with van der Waals surface area (Å²) in [6.45, 7) is 12.3. The minimum Gasteiger partial charge on any atom is -0.493 e. The second-order valence-electron chi connectivity index (χ2n) is 11.8. The van der Waals surface area contributed by atoms with Crippen molar-refractivity contribution in [2.45, 2.75) is 79.4 Å². The molecule has 0 aliphatic heterocycles. The summed E-state index contributed by atoms with van der Waals surface area (Å²) < 4.78 is 38.5. The predicted octanol–water partition coefficient (Wildman–Crippen LogP) is 3.29. The first kappa shape index (κ1) is 29.6. The number of aliphatic hydroxyl groups excluding tert-OH is 1. The van der Waals surface area contributed by atoms with Gasteiger partial charge in [0.15, 0.2) is 11.5 Å². The van der Waals surface area contributed by atoms with Crippen LogP contribution in [-0.2, 0) is 20.7 Å². The molecule has 4 atom stereocenters. The van der Waals surface area contributed by atoms with Gasteiger partial charge in [0.2, 0.25) is 11.8 Å². The lowest BCUT2D eigenvalue weighted by Gasteiger charge is -2.30. The number of hydrogen-bond donors (Lipinski definition) is 4. The zero-order valence-corrected chi connectivity index (χ0v) is 24.8. The number of benzene rings is 1. The highest BCUT2D eigenvalue weighted by atomic mass is 16.5. The van der Waals surface area contributed by atoms with Crippen molar-refractivity contribution in [1.29, 1.82) is 0 Å². The monoisotopic (exact) mass is 554 g/mol. The highest BCUT2D eigenvalue weighted by Gasteiger charge is 2.32. The number of methoxy groups -OCH3 is 2. The number of carbonyl (C=O) groups is 2. The summed E-state index contributed by atoms with van der Waals surface area (Å²) in [5.74, 6) is -0.490. The zero-order chi connectivity index (χ0) is 32.3. The van der Waals surface area contributed by atoms with E-state index in [9.17, 15) is 14.7 Å². The molecule has 1 aromatic carbocycles. The first-order chi connectivity index (χ1) is 19.4. The Bertz CT molecular complexity index is 988. The Kier molecular flexibility index (Phi) is 12.7. The number of rotatable bonds is 19. The predicted molar refractivity (Wildman–Crippen MR) is 155 cm³/mol. The third-order valence-electron chi connectivity index (χ3n) is 7.39. The van der Waals surface area contributed by atoms with Crippen LogP contribution in [-0.4, -0.2) is 63.0 Å². The molecule has 224 valence electrons. The first-order valence-electron chi connectivity index (χ1n) is 15.3. The van der Waals surface area contributed by atoms with Crippen LogP contribution in [0.5, 0.6) is 11.5 Å². The molecule has 0 bridgehead atoms. The van der Waals surface area contributed by atoms with E-state index >= 15 is 0 Å². The Hall–Kier alpha value is -2.36. The Morgan fingerprint density at radius 3 is 2.36 bits per heavy atom. The molecule has 6 N–H and O–H groups in total. The van der Waals surface area contributed by atoms with Crippen molar-refractivity contribution in [3.8, 4) is 11.5 Å². The van der Waals surface area contributed by atoms with Gasteiger partial charge in [0.25, 0.3) is 0 Å². The summed E-state index contributed by atoms with van der Waals surface area (Å²) in [5.41, 5.74) is 12.0. The molecule has 0 aliphatic carbocycles. The molecule has 0 heterocycles. The van der Waals surface area contributed by atoms with Gasteiger partial charge in [-0.05, 0) is 68.6 Å². The van der Waals surface area contributed by atoms with Crippen LogP contribution in [0.1, 0.15) is 70.5 Å². The number of hydrogen-bond acceptors (Lipinski definition) is 7. The molecule has 0 saturated heterocycles. The smallest absolute Gasteiger partial charge is 0.224 e. The molecule has 9 nitrogen and oxygen atoms in total. The molecule has 0 spiro atoms. The van der Waals surface area contributed by atoms with Gasteiger partial charge in [0.05, 0.1) is 29.3 Å². The van der Waals surface area contributed by atoms with Crippen molar-refractivity contribution >= 4 is 11.8 Å². The fourth-order valence-corrected chi connectivity index (χ4v) is 4.31. The number of amides is 2. The number of carbonyl (C=O) groups excluding carboxylic acids is 2. The van der Waals surface area contributed by atoms with Crippen molar-refractivity contribution < 1.29 is 33.0 Å². The molecule has 0 saturated carbocycles. The van der Waals surface area contributed by atoms with Gasteiger partial charge in [0, 0.05) is 38.6 Å². The quantitative estimate of drug-likeness (QED) is 0.192. The summed E-state index contributed by atoms with van der Waals surface area (Å²) in [5, 5.41) is 13.9. The van der Waals surface area contributed by atoms with Crippen molar-refractivity contribution in [1.82, 2.24) is 5.32 Å². The van der Waals surface area contributed by atoms with Gasteiger partial charge in [-0.3, -0.25) is 9.59 Å². The number of nitrogens with one attached hydrogen (secondary N) is 1. The van der Waals surface area contributed by atoms with Crippen LogP contribution in [0, 0.1) is 29.1 Å². The fourth-order valence-electron chi connectivity index (χ4n) is 4.31. The van der Waals surface area contributed by atoms with E-state index in [1.807, 2.05) is 19.9 Å². The molecule has 0 aromatic heterocycles. The standard InChI is InChI=1S/C30H53N3O6/c1-19(2)22(14-21-10-11-26(38-8)27(15-21)39-13-9-12-37-7)16-24(31)25(34)17-23(20(3)4)28(35)33-18-30(5,6)29(32)36/h10-11,15,19-20,22-25,34H,9,12-14,16-18,31H2,1-8H3,(H2,32,36)(H,33,35)/t22-,23-,24-,25-/m0/s1/i8D3. The lowest BCUT2D eigenvalue weighted by atomic mass is 9.80. The summed E-state index contributed by atoms with van der Waals surface area (Å²) in [6.07, 6.45) is 1.04. The first-order valence-corrected chi connectivity index (χ1v) is 13.8. The Morgan fingerprint density at radius 1 is 1.10 bits per heavy atom. The van der Waals surface area contributed by atoms with Gasteiger partial charge in [-0.2, -0.15) is 0 Å². The van der Waals surface area contributed by atoms with E-state index in [1.54, 1.807) is 33.1 Å². The van der Waals surface area contributed by atoms with E-state index in [-0.39, 0.29) is 42.4 Å². The molecule has 9 heteroatoms. The molecule has 0 aliphatic rings. The maximum Gasteiger partial charge on any atom is 0.224 e. The van der Waals surface area contributed by atoms with Gasteiger partial charge >= 0.3 is 0 Å². The number of aliphatic hydroxyl groups is 1. The molecule has 1 aromatic rings.